The van der Waals surface area contributed by atoms with Crippen molar-refractivity contribution in [1.82, 2.24) is 14.8 Å². The Bertz CT molecular complexity index is 534. The van der Waals surface area contributed by atoms with Crippen LogP contribution in [0.3, 0.4) is 0 Å². The molecular formula is C12H13N3O2. The summed E-state index contributed by atoms with van der Waals surface area (Å²) in [6, 6.07) is 7.04. The Labute approximate surface area is 99.1 Å². The zero-order valence-electron chi connectivity index (χ0n) is 9.75. The number of ether oxygens (including phenoxy) is 1. The van der Waals surface area contributed by atoms with Gasteiger partial charge in [-0.05, 0) is 32.0 Å². The van der Waals surface area contributed by atoms with Crippen molar-refractivity contribution in [2.24, 2.45) is 0 Å². The van der Waals surface area contributed by atoms with Gasteiger partial charge in [0.25, 0.3) is 0 Å². The molecule has 2 aromatic heterocycles. The van der Waals surface area contributed by atoms with E-state index in [0.29, 0.717) is 12.4 Å². The van der Waals surface area contributed by atoms with E-state index in [1.165, 1.54) is 0 Å². The first-order chi connectivity index (χ1) is 8.20. The van der Waals surface area contributed by atoms with Gasteiger partial charge in [-0.25, -0.2) is 14.5 Å². The Balaban J connectivity index is 2.31. The lowest BCUT2D eigenvalue weighted by molar-refractivity contribution is 0.0519. The Morgan fingerprint density at radius 3 is 2.88 bits per heavy atom. The van der Waals surface area contributed by atoms with Crippen LogP contribution < -0.4 is 0 Å². The molecule has 0 fully saturated rings. The average molecular weight is 231 g/mol. The van der Waals surface area contributed by atoms with Gasteiger partial charge in [-0.15, -0.1) is 0 Å². The quantitative estimate of drug-likeness (QED) is 0.755. The van der Waals surface area contributed by atoms with E-state index in [0.717, 1.165) is 5.69 Å². The number of hydrogen-bond donors (Lipinski definition) is 0. The average Bonchev–Trinajstić information content (AvgIpc) is 2.76. The highest BCUT2D eigenvalue weighted by Gasteiger charge is 2.09. The molecule has 0 aliphatic carbocycles. The molecule has 2 heterocycles. The first-order valence-electron chi connectivity index (χ1n) is 5.37. The number of pyridine rings is 1. The molecule has 0 amide bonds. The van der Waals surface area contributed by atoms with Crippen molar-refractivity contribution in [1.29, 1.82) is 0 Å². The van der Waals surface area contributed by atoms with Crippen LogP contribution >= 0.6 is 0 Å². The van der Waals surface area contributed by atoms with Crippen molar-refractivity contribution in [3.63, 3.8) is 0 Å². The van der Waals surface area contributed by atoms with E-state index in [1.807, 2.05) is 13.0 Å². The first-order valence-corrected chi connectivity index (χ1v) is 5.37. The fourth-order valence-corrected chi connectivity index (χ4v) is 1.41. The predicted molar refractivity (Wildman–Crippen MR) is 62.1 cm³/mol. The van der Waals surface area contributed by atoms with Crippen LogP contribution in [0.15, 0.2) is 30.5 Å². The number of nitrogens with zero attached hydrogens (tertiary/aromatic N) is 3. The van der Waals surface area contributed by atoms with Gasteiger partial charge in [0.15, 0.2) is 11.5 Å². The number of esters is 1. The number of hydrogen-bond acceptors (Lipinski definition) is 4. The highest BCUT2D eigenvalue weighted by atomic mass is 16.5. The Kier molecular flexibility index (Phi) is 3.18. The molecule has 2 aromatic rings. The standard InChI is InChI=1S/C12H13N3O2/c1-3-17-12(16)10-5-4-6-11(13-10)15-8-7-9(2)14-15/h4-8H,3H2,1-2H3. The molecule has 0 aromatic carbocycles. The van der Waals surface area contributed by atoms with E-state index >= 15 is 0 Å². The molecule has 0 N–H and O–H groups in total. The molecular weight excluding hydrogens is 218 g/mol. The monoisotopic (exact) mass is 231 g/mol. The van der Waals surface area contributed by atoms with E-state index in [9.17, 15) is 4.79 Å². The van der Waals surface area contributed by atoms with Gasteiger partial charge >= 0.3 is 5.97 Å². The molecule has 17 heavy (non-hydrogen) atoms. The second-order valence-electron chi connectivity index (χ2n) is 3.50. The van der Waals surface area contributed by atoms with E-state index in [1.54, 1.807) is 36.0 Å². The normalized spacial score (nSPS) is 10.2. The molecule has 0 radical (unpaired) electrons. The Morgan fingerprint density at radius 2 is 2.24 bits per heavy atom. The maximum atomic E-state index is 11.5. The van der Waals surface area contributed by atoms with Crippen molar-refractivity contribution in [3.05, 3.63) is 41.9 Å². The number of aromatic nitrogens is 3. The third-order valence-electron chi connectivity index (χ3n) is 2.18. The van der Waals surface area contributed by atoms with Crippen LogP contribution in [-0.4, -0.2) is 27.3 Å². The van der Waals surface area contributed by atoms with Gasteiger partial charge in [-0.3, -0.25) is 0 Å². The van der Waals surface area contributed by atoms with Crippen molar-refractivity contribution in [2.75, 3.05) is 6.61 Å². The summed E-state index contributed by atoms with van der Waals surface area (Å²) in [6.45, 7) is 4.00. The lowest BCUT2D eigenvalue weighted by atomic mass is 10.3. The first kappa shape index (κ1) is 11.3. The minimum Gasteiger partial charge on any atom is -0.461 e. The van der Waals surface area contributed by atoms with Crippen molar-refractivity contribution >= 4 is 5.97 Å². The lowest BCUT2D eigenvalue weighted by Gasteiger charge is -2.03. The smallest absolute Gasteiger partial charge is 0.356 e. The zero-order valence-corrected chi connectivity index (χ0v) is 9.75. The van der Waals surface area contributed by atoms with Crippen LogP contribution in [0.2, 0.25) is 0 Å². The molecule has 5 nitrogen and oxygen atoms in total. The summed E-state index contributed by atoms with van der Waals surface area (Å²) in [5, 5.41) is 4.23. The molecule has 0 atom stereocenters. The van der Waals surface area contributed by atoms with Crippen molar-refractivity contribution < 1.29 is 9.53 Å². The maximum absolute atomic E-state index is 11.5. The van der Waals surface area contributed by atoms with Gasteiger partial charge in [0.1, 0.15) is 0 Å². The predicted octanol–water partition coefficient (Wildman–Crippen LogP) is 1.75. The second kappa shape index (κ2) is 4.78. The van der Waals surface area contributed by atoms with E-state index < -0.39 is 5.97 Å². The van der Waals surface area contributed by atoms with Crippen LogP contribution in [0.25, 0.3) is 5.82 Å². The number of carbonyl (C=O) groups excluding carboxylic acids is 1. The van der Waals surface area contributed by atoms with Gasteiger partial charge in [0.05, 0.1) is 12.3 Å². The van der Waals surface area contributed by atoms with Gasteiger partial charge < -0.3 is 4.74 Å². The summed E-state index contributed by atoms with van der Waals surface area (Å²) in [7, 11) is 0. The van der Waals surface area contributed by atoms with Crippen LogP contribution in [-0.2, 0) is 4.74 Å². The minimum absolute atomic E-state index is 0.289. The molecule has 2 rings (SSSR count). The molecule has 0 unspecified atom stereocenters. The molecule has 88 valence electrons. The number of carbonyl (C=O) groups is 1. The largest absolute Gasteiger partial charge is 0.461 e. The van der Waals surface area contributed by atoms with Gasteiger partial charge in [0.2, 0.25) is 0 Å². The van der Waals surface area contributed by atoms with Crippen molar-refractivity contribution in [2.45, 2.75) is 13.8 Å². The van der Waals surface area contributed by atoms with Crippen LogP contribution in [0, 0.1) is 6.92 Å². The summed E-state index contributed by atoms with van der Waals surface area (Å²) >= 11 is 0. The Hall–Kier alpha value is -2.17. The Morgan fingerprint density at radius 1 is 1.41 bits per heavy atom. The molecule has 5 heteroatoms. The molecule has 0 aliphatic rings. The minimum atomic E-state index is -0.418. The molecule has 0 saturated carbocycles. The molecule has 0 bridgehead atoms. The van der Waals surface area contributed by atoms with E-state index in [4.69, 9.17) is 4.74 Å². The third-order valence-corrected chi connectivity index (χ3v) is 2.18. The van der Waals surface area contributed by atoms with Crippen LogP contribution in [0.5, 0.6) is 0 Å². The van der Waals surface area contributed by atoms with Crippen LogP contribution in [0.4, 0.5) is 0 Å². The SMILES string of the molecule is CCOC(=O)c1cccc(-n2ccc(C)n2)n1. The summed E-state index contributed by atoms with van der Waals surface area (Å²) in [6.07, 6.45) is 1.80. The van der Waals surface area contributed by atoms with Gasteiger partial charge in [-0.2, -0.15) is 5.10 Å². The molecule has 0 saturated heterocycles. The fourth-order valence-electron chi connectivity index (χ4n) is 1.41. The number of aryl methyl sites for hydroxylation is 1. The molecule has 0 aliphatic heterocycles. The summed E-state index contributed by atoms with van der Waals surface area (Å²) in [5.41, 5.74) is 1.19. The summed E-state index contributed by atoms with van der Waals surface area (Å²) in [4.78, 5) is 15.7. The van der Waals surface area contributed by atoms with Crippen molar-refractivity contribution in [3.8, 4) is 5.82 Å². The fraction of sp³-hybridized carbons (Fsp3) is 0.250. The highest BCUT2D eigenvalue weighted by Crippen LogP contribution is 2.06. The zero-order chi connectivity index (χ0) is 12.3. The van der Waals surface area contributed by atoms with Crippen LogP contribution in [0.1, 0.15) is 23.1 Å². The maximum Gasteiger partial charge on any atom is 0.356 e. The molecule has 0 spiro atoms. The second-order valence-corrected chi connectivity index (χ2v) is 3.50. The topological polar surface area (TPSA) is 57.0 Å². The van der Waals surface area contributed by atoms with E-state index in [-0.39, 0.29) is 5.69 Å². The number of rotatable bonds is 3. The van der Waals surface area contributed by atoms with Gasteiger partial charge in [-0.1, -0.05) is 6.07 Å². The lowest BCUT2D eigenvalue weighted by Crippen LogP contribution is -2.09. The van der Waals surface area contributed by atoms with E-state index in [2.05, 4.69) is 10.1 Å². The highest BCUT2D eigenvalue weighted by molar-refractivity contribution is 5.87. The van der Waals surface area contributed by atoms with Gasteiger partial charge in [0, 0.05) is 6.20 Å². The third kappa shape index (κ3) is 2.50. The summed E-state index contributed by atoms with van der Waals surface area (Å²) < 4.78 is 6.52. The summed E-state index contributed by atoms with van der Waals surface area (Å²) in [5.74, 6) is 0.182.